The number of carboxylic acids is 1. The summed E-state index contributed by atoms with van der Waals surface area (Å²) < 4.78 is 4.85. The van der Waals surface area contributed by atoms with E-state index in [2.05, 4.69) is 5.32 Å². The molecule has 0 aliphatic heterocycles. The van der Waals surface area contributed by atoms with E-state index in [4.69, 9.17) is 9.84 Å². The van der Waals surface area contributed by atoms with Crippen molar-refractivity contribution < 1.29 is 19.4 Å². The molecule has 1 atom stereocenters. The van der Waals surface area contributed by atoms with Gasteiger partial charge in [-0.2, -0.15) is 0 Å². The maximum absolute atomic E-state index is 11.0. The average molecular weight is 191 g/mol. The number of carbonyl (C=O) groups excluding carboxylic acids is 1. The zero-order valence-electron chi connectivity index (χ0n) is 8.25. The van der Waals surface area contributed by atoms with Gasteiger partial charge in [-0.3, -0.25) is 4.79 Å². The fourth-order valence-electron chi connectivity index (χ4n) is 0.546. The quantitative estimate of drug-likeness (QED) is 0.682. The summed E-state index contributed by atoms with van der Waals surface area (Å²) in [4.78, 5) is 21.3. The van der Waals surface area contributed by atoms with Crippen molar-refractivity contribution in [3.8, 4) is 0 Å². The first kappa shape index (κ1) is 11.7. The molecular weight excluding hydrogens is 176 g/mol. The van der Waals surface area contributed by atoms with Crippen molar-refractivity contribution in [1.29, 1.82) is 0 Å². The van der Waals surface area contributed by atoms with Crippen molar-refractivity contribution in [3.63, 3.8) is 0 Å². The first-order chi connectivity index (χ1) is 5.72. The van der Waals surface area contributed by atoms with Gasteiger partial charge < -0.3 is 15.2 Å². The van der Waals surface area contributed by atoms with Crippen molar-refractivity contribution in [2.24, 2.45) is 0 Å². The Kier molecular flexibility index (Phi) is 3.71. The van der Waals surface area contributed by atoms with Crippen LogP contribution in [0.4, 0.5) is 4.79 Å². The number of ether oxygens (including phenoxy) is 1. The normalized spacial score (nSPS) is 13.2. The van der Waals surface area contributed by atoms with E-state index in [1.165, 1.54) is 6.92 Å². The fourth-order valence-corrected chi connectivity index (χ4v) is 0.546. The van der Waals surface area contributed by atoms with Crippen LogP contribution in [0.25, 0.3) is 0 Å². The van der Waals surface area contributed by atoms with Crippen molar-refractivity contribution in [1.82, 2.24) is 5.32 Å². The Labute approximate surface area is 77.1 Å². The Morgan fingerprint density at radius 2 is 1.85 bits per heavy atom. The van der Waals surface area contributed by atoms with E-state index in [9.17, 15) is 9.59 Å². The molecule has 0 bridgehead atoms. The number of rotatable bonds is 2. The molecule has 0 aromatic carbocycles. The summed E-state index contributed by atoms with van der Waals surface area (Å²) in [6, 6.07) is -0.935. The number of aliphatic carboxylic acids is 1. The fraction of sp³-hybridized carbons (Fsp3) is 0.750. The second-order valence-corrected chi connectivity index (χ2v) is 3.71. The van der Waals surface area contributed by atoms with Crippen LogP contribution in [0.1, 0.15) is 27.7 Å². The maximum atomic E-state index is 11.0. The van der Waals surface area contributed by atoms with E-state index in [-0.39, 0.29) is 0 Å². The molecule has 0 rings (SSSR count). The topological polar surface area (TPSA) is 75.6 Å². The van der Waals surface area contributed by atoms with E-state index in [1.54, 1.807) is 20.8 Å². The van der Waals surface area contributed by atoms with Gasteiger partial charge in [0.15, 0.2) is 0 Å². The van der Waals surface area contributed by atoms with Crippen molar-refractivity contribution in [3.05, 3.63) is 0 Å². The molecule has 0 spiro atoms. The summed E-state index contributed by atoms with van der Waals surface area (Å²) in [5.74, 6) is -1.09. The zero-order valence-corrected chi connectivity index (χ0v) is 8.25. The predicted octanol–water partition coefficient (Wildman–Crippen LogP) is 0.984. The van der Waals surface area contributed by atoms with Gasteiger partial charge in [-0.05, 0) is 27.7 Å². The Balaban J connectivity index is 3.96. The number of amides is 1. The monoisotopic (exact) mass is 191 g/mol. The highest BCUT2D eigenvalue weighted by Gasteiger charge is 2.20. The molecule has 5 heteroatoms. The van der Waals surface area contributed by atoms with Crippen LogP contribution in [0, 0.1) is 0 Å². The highest BCUT2D eigenvalue weighted by atomic mass is 16.6. The van der Waals surface area contributed by atoms with Crippen LogP contribution in [0.3, 0.4) is 0 Å². The molecule has 5 nitrogen and oxygen atoms in total. The Morgan fingerprint density at radius 1 is 1.38 bits per heavy atom. The minimum Gasteiger partial charge on any atom is -0.480 e. The number of hydrogen-bond donors (Lipinski definition) is 2. The second-order valence-electron chi connectivity index (χ2n) is 3.71. The molecule has 0 unspecified atom stereocenters. The summed E-state index contributed by atoms with van der Waals surface area (Å²) in [6.45, 7) is 6.49. The van der Waals surface area contributed by atoms with Gasteiger partial charge in [0.25, 0.3) is 0 Å². The molecule has 0 heterocycles. The van der Waals surface area contributed by atoms with Crippen LogP contribution >= 0.6 is 0 Å². The molecule has 1 amide bonds. The highest BCUT2D eigenvalue weighted by molar-refractivity contribution is 5.79. The predicted molar refractivity (Wildman–Crippen MR) is 46.5 cm³/mol. The summed E-state index contributed by atoms with van der Waals surface area (Å²) in [5.41, 5.74) is -0.609. The standard InChI is InChI=1S/C8H15NO4/c1-5(6(10)11)9-7(12)13-8(2,3)4/h5H,1-4H3,(H,9,12)(H,10,11)/t5-/m0/s1/i5+2. The molecule has 0 aromatic rings. The molecule has 0 saturated heterocycles. The van der Waals surface area contributed by atoms with Gasteiger partial charge in [0.1, 0.15) is 11.6 Å². The van der Waals surface area contributed by atoms with Crippen LogP contribution in [0.15, 0.2) is 0 Å². The maximum Gasteiger partial charge on any atom is 0.408 e. The molecule has 0 saturated carbocycles. The minimum atomic E-state index is -1.09. The number of hydrogen-bond acceptors (Lipinski definition) is 3. The van der Waals surface area contributed by atoms with Gasteiger partial charge in [-0.25, -0.2) is 4.79 Å². The van der Waals surface area contributed by atoms with Crippen LogP contribution in [0.2, 0.25) is 0 Å². The van der Waals surface area contributed by atoms with E-state index < -0.39 is 23.7 Å². The van der Waals surface area contributed by atoms with Crippen molar-refractivity contribution >= 4 is 12.1 Å². The Hall–Kier alpha value is -1.26. The van der Waals surface area contributed by atoms with E-state index in [0.29, 0.717) is 0 Å². The summed E-state index contributed by atoms with van der Waals surface area (Å²) >= 11 is 0. The van der Waals surface area contributed by atoms with Crippen molar-refractivity contribution in [2.75, 3.05) is 0 Å². The lowest BCUT2D eigenvalue weighted by molar-refractivity contribution is -0.139. The SMILES string of the molecule is C[14C@H](NC(=O)OC(C)(C)C)C(=O)O. The highest BCUT2D eigenvalue weighted by Crippen LogP contribution is 2.06. The third kappa shape index (κ3) is 5.95. The first-order valence-electron chi connectivity index (χ1n) is 3.94. The lowest BCUT2D eigenvalue weighted by Gasteiger charge is -2.20. The van der Waals surface area contributed by atoms with E-state index >= 15 is 0 Å². The van der Waals surface area contributed by atoms with E-state index in [1.807, 2.05) is 0 Å². The number of alkyl carbamates (subject to hydrolysis) is 1. The third-order valence-corrected chi connectivity index (χ3v) is 1.10. The Bertz CT molecular complexity index is 207. The van der Waals surface area contributed by atoms with Crippen LogP contribution in [-0.2, 0) is 9.53 Å². The van der Waals surface area contributed by atoms with Gasteiger partial charge in [0, 0.05) is 0 Å². The average Bonchev–Trinajstić information content (AvgIpc) is 1.81. The molecule has 2 N–H and O–H groups in total. The molecule has 76 valence electrons. The number of carboxylic acid groups (broad SMARTS) is 1. The summed E-state index contributed by atoms with van der Waals surface area (Å²) in [6.07, 6.45) is -0.720. The first-order valence-corrected chi connectivity index (χ1v) is 3.94. The van der Waals surface area contributed by atoms with Gasteiger partial charge in [0.2, 0.25) is 0 Å². The van der Waals surface area contributed by atoms with Crippen LogP contribution < -0.4 is 5.32 Å². The zero-order chi connectivity index (χ0) is 10.6. The largest absolute Gasteiger partial charge is 0.480 e. The Morgan fingerprint density at radius 3 is 2.15 bits per heavy atom. The molecule has 0 fully saturated rings. The van der Waals surface area contributed by atoms with Gasteiger partial charge in [-0.15, -0.1) is 0 Å². The smallest absolute Gasteiger partial charge is 0.408 e. The lowest BCUT2D eigenvalue weighted by Crippen LogP contribution is -2.41. The number of nitrogens with one attached hydrogen (secondary N) is 1. The van der Waals surface area contributed by atoms with Gasteiger partial charge >= 0.3 is 12.1 Å². The summed E-state index contributed by atoms with van der Waals surface area (Å²) in [5, 5.41) is 10.6. The molecule has 0 radical (unpaired) electrons. The molecule has 0 aromatic heterocycles. The van der Waals surface area contributed by atoms with Crippen molar-refractivity contribution in [2.45, 2.75) is 39.3 Å². The second kappa shape index (κ2) is 4.11. The van der Waals surface area contributed by atoms with Gasteiger partial charge in [0.05, 0.1) is 0 Å². The molecule has 0 aliphatic carbocycles. The molecular formula is C8H15NO4. The molecule has 13 heavy (non-hydrogen) atoms. The number of carbonyl (C=O) groups is 2. The van der Waals surface area contributed by atoms with Crippen LogP contribution in [-0.4, -0.2) is 28.8 Å². The summed E-state index contributed by atoms with van der Waals surface area (Å²) in [7, 11) is 0. The lowest BCUT2D eigenvalue weighted by atomic mass is 10.2. The minimum absolute atomic E-state index is 0.609. The molecule has 0 aliphatic rings. The third-order valence-electron chi connectivity index (χ3n) is 1.10. The van der Waals surface area contributed by atoms with Gasteiger partial charge in [-0.1, -0.05) is 0 Å². The van der Waals surface area contributed by atoms with Crippen LogP contribution in [0.5, 0.6) is 0 Å². The van der Waals surface area contributed by atoms with E-state index in [0.717, 1.165) is 0 Å².